The number of hydrogen-bond donors (Lipinski definition) is 0. The van der Waals surface area contributed by atoms with Crippen LogP contribution in [0.15, 0.2) is 12.1 Å². The molecule has 0 spiro atoms. The number of methoxy groups -OCH3 is 1. The van der Waals surface area contributed by atoms with Crippen molar-refractivity contribution < 1.29 is 28.8 Å². The number of esters is 1. The summed E-state index contributed by atoms with van der Waals surface area (Å²) in [5.74, 6) is -0.293. The molecule has 0 heterocycles. The summed E-state index contributed by atoms with van der Waals surface area (Å²) >= 11 is 5.81. The van der Waals surface area contributed by atoms with Gasteiger partial charge in [-0.1, -0.05) is 43.7 Å². The number of nitro benzene ring substituents is 1. The molecular formula is C23H31ClN2O7. The van der Waals surface area contributed by atoms with Crippen molar-refractivity contribution in [3.05, 3.63) is 32.8 Å². The van der Waals surface area contributed by atoms with Crippen LogP contribution in [0, 0.1) is 10.1 Å². The van der Waals surface area contributed by atoms with Crippen LogP contribution in [0.4, 0.5) is 5.69 Å². The minimum Gasteiger partial charge on any atom is -0.493 e. The van der Waals surface area contributed by atoms with Crippen molar-refractivity contribution in [1.82, 2.24) is 4.90 Å². The summed E-state index contributed by atoms with van der Waals surface area (Å²) in [5, 5.41) is 11.0. The van der Waals surface area contributed by atoms with Crippen molar-refractivity contribution in [2.24, 2.45) is 0 Å². The lowest BCUT2D eigenvalue weighted by Gasteiger charge is -2.33. The summed E-state index contributed by atoms with van der Waals surface area (Å²) in [7, 11) is 1.33. The van der Waals surface area contributed by atoms with Crippen molar-refractivity contribution in [3.63, 3.8) is 0 Å². The molecule has 9 nitrogen and oxygen atoms in total. The number of hydrogen-bond acceptors (Lipinski definition) is 7. The van der Waals surface area contributed by atoms with E-state index in [-0.39, 0.29) is 41.4 Å². The molecule has 1 aromatic rings. The fourth-order valence-corrected chi connectivity index (χ4v) is 4.30. The van der Waals surface area contributed by atoms with Crippen LogP contribution in [-0.2, 0) is 14.3 Å². The van der Waals surface area contributed by atoms with E-state index in [2.05, 4.69) is 0 Å². The number of halogens is 1. The van der Waals surface area contributed by atoms with E-state index in [0.717, 1.165) is 44.9 Å². The van der Waals surface area contributed by atoms with Gasteiger partial charge in [0.2, 0.25) is 5.91 Å². The van der Waals surface area contributed by atoms with Gasteiger partial charge in [0.25, 0.3) is 0 Å². The van der Waals surface area contributed by atoms with Gasteiger partial charge in [-0.3, -0.25) is 24.5 Å². The molecule has 0 unspecified atom stereocenters. The van der Waals surface area contributed by atoms with E-state index >= 15 is 0 Å². The molecule has 1 aromatic carbocycles. The van der Waals surface area contributed by atoms with Crippen LogP contribution in [0.3, 0.4) is 0 Å². The molecule has 1 amide bonds. The number of ether oxygens (including phenoxy) is 2. The lowest BCUT2D eigenvalue weighted by molar-refractivity contribution is -0.385. The number of amides is 1. The van der Waals surface area contributed by atoms with Gasteiger partial charge >= 0.3 is 11.7 Å². The Morgan fingerprint density at radius 1 is 1.18 bits per heavy atom. The van der Waals surface area contributed by atoms with E-state index in [1.807, 2.05) is 0 Å². The van der Waals surface area contributed by atoms with Gasteiger partial charge in [0, 0.05) is 12.5 Å². The maximum atomic E-state index is 12.7. The summed E-state index contributed by atoms with van der Waals surface area (Å²) < 4.78 is 10.3. The number of carbonyl (C=O) groups is 3. The zero-order chi connectivity index (χ0) is 24.2. The van der Waals surface area contributed by atoms with Crippen LogP contribution < -0.4 is 4.74 Å². The second kappa shape index (κ2) is 13.8. The Morgan fingerprint density at radius 3 is 2.52 bits per heavy atom. The second-order valence-corrected chi connectivity index (χ2v) is 8.49. The van der Waals surface area contributed by atoms with Gasteiger partial charge in [-0.2, -0.15) is 0 Å². The summed E-state index contributed by atoms with van der Waals surface area (Å²) in [5.41, 5.74) is -0.635. The van der Waals surface area contributed by atoms with E-state index < -0.39 is 16.6 Å². The summed E-state index contributed by atoms with van der Waals surface area (Å²) in [4.78, 5) is 47.9. The standard InChI is InChI=1S/C23H31ClN2O7/c1-32-22(29)15-25(17-9-5-4-6-10-17)21(28)11-7-2-3-8-14-33-20-13-12-19(24)23(26(30)31)18(20)16-27/h12-13,16-17H,2-11,14-15H2,1H3. The second-order valence-electron chi connectivity index (χ2n) is 8.09. The molecule has 0 saturated heterocycles. The average Bonchev–Trinajstić information content (AvgIpc) is 2.82. The first-order valence-corrected chi connectivity index (χ1v) is 11.7. The van der Waals surface area contributed by atoms with Crippen molar-refractivity contribution in [3.8, 4) is 5.75 Å². The van der Waals surface area contributed by atoms with Crippen molar-refractivity contribution >= 4 is 35.5 Å². The topological polar surface area (TPSA) is 116 Å². The van der Waals surface area contributed by atoms with Gasteiger partial charge in [-0.25, -0.2) is 0 Å². The molecule has 1 saturated carbocycles. The Labute approximate surface area is 198 Å². The number of nitrogens with zero attached hydrogens (tertiary/aromatic N) is 2. The van der Waals surface area contributed by atoms with Crippen molar-refractivity contribution in [2.75, 3.05) is 20.3 Å². The molecule has 0 aliphatic heterocycles. The van der Waals surface area contributed by atoms with E-state index in [0.29, 0.717) is 25.5 Å². The maximum Gasteiger partial charge on any atom is 0.325 e. The van der Waals surface area contributed by atoms with Crippen LogP contribution >= 0.6 is 11.6 Å². The number of rotatable bonds is 13. The summed E-state index contributed by atoms with van der Waals surface area (Å²) in [6, 6.07) is 2.88. The third-order valence-electron chi connectivity index (χ3n) is 5.83. The molecule has 33 heavy (non-hydrogen) atoms. The molecular weight excluding hydrogens is 452 g/mol. The highest BCUT2D eigenvalue weighted by Crippen LogP contribution is 2.34. The molecule has 2 rings (SSSR count). The van der Waals surface area contributed by atoms with Crippen LogP contribution in [0.2, 0.25) is 5.02 Å². The van der Waals surface area contributed by atoms with Gasteiger partial charge in [-0.05, 0) is 37.8 Å². The van der Waals surface area contributed by atoms with E-state index in [4.69, 9.17) is 21.1 Å². The highest BCUT2D eigenvalue weighted by molar-refractivity contribution is 6.33. The number of nitro groups is 1. The zero-order valence-corrected chi connectivity index (χ0v) is 19.7. The Balaban J connectivity index is 1.76. The van der Waals surface area contributed by atoms with Gasteiger partial charge in [0.1, 0.15) is 22.9 Å². The quantitative estimate of drug-likeness (QED) is 0.131. The van der Waals surface area contributed by atoms with Gasteiger partial charge in [0.15, 0.2) is 6.29 Å². The van der Waals surface area contributed by atoms with Crippen molar-refractivity contribution in [1.29, 1.82) is 0 Å². The van der Waals surface area contributed by atoms with Gasteiger partial charge in [-0.15, -0.1) is 0 Å². The molecule has 1 fully saturated rings. The Morgan fingerprint density at radius 2 is 1.88 bits per heavy atom. The normalized spacial score (nSPS) is 13.9. The van der Waals surface area contributed by atoms with Crippen LogP contribution in [0.25, 0.3) is 0 Å². The smallest absolute Gasteiger partial charge is 0.325 e. The van der Waals surface area contributed by atoms with Crippen LogP contribution in [-0.4, -0.2) is 54.3 Å². The first-order valence-electron chi connectivity index (χ1n) is 11.3. The SMILES string of the molecule is COC(=O)CN(C(=O)CCCCCCOc1ccc(Cl)c([N+](=O)[O-])c1C=O)C1CCCCC1. The van der Waals surface area contributed by atoms with E-state index in [9.17, 15) is 24.5 Å². The minimum atomic E-state index is -0.702. The Kier molecular flexibility index (Phi) is 11.1. The van der Waals surface area contributed by atoms with Crippen molar-refractivity contribution in [2.45, 2.75) is 70.3 Å². The molecule has 0 atom stereocenters. The highest BCUT2D eigenvalue weighted by Gasteiger charge is 2.27. The van der Waals surface area contributed by atoms with Crippen LogP contribution in [0.5, 0.6) is 5.75 Å². The molecule has 0 N–H and O–H groups in total. The monoisotopic (exact) mass is 482 g/mol. The summed E-state index contributed by atoms with van der Waals surface area (Å²) in [6.07, 6.45) is 8.83. The average molecular weight is 483 g/mol. The highest BCUT2D eigenvalue weighted by atomic mass is 35.5. The van der Waals surface area contributed by atoms with Gasteiger partial charge < -0.3 is 14.4 Å². The number of carbonyl (C=O) groups excluding carboxylic acids is 3. The zero-order valence-electron chi connectivity index (χ0n) is 18.9. The van der Waals surface area contributed by atoms with E-state index in [1.54, 1.807) is 4.90 Å². The molecule has 1 aliphatic carbocycles. The molecule has 182 valence electrons. The number of benzene rings is 1. The fraction of sp³-hybridized carbons (Fsp3) is 0.609. The molecule has 0 bridgehead atoms. The predicted molar refractivity (Wildman–Crippen MR) is 123 cm³/mol. The Hall–Kier alpha value is -2.68. The first kappa shape index (κ1) is 26.6. The van der Waals surface area contributed by atoms with E-state index in [1.165, 1.54) is 19.2 Å². The fourth-order valence-electron chi connectivity index (χ4n) is 4.06. The Bertz CT molecular complexity index is 840. The van der Waals surface area contributed by atoms with Crippen LogP contribution in [0.1, 0.15) is 74.6 Å². The predicted octanol–water partition coefficient (Wildman–Crippen LogP) is 4.72. The largest absolute Gasteiger partial charge is 0.493 e. The molecule has 0 radical (unpaired) electrons. The van der Waals surface area contributed by atoms with Gasteiger partial charge in [0.05, 0.1) is 18.6 Å². The third-order valence-corrected chi connectivity index (χ3v) is 6.14. The number of aldehydes is 1. The lowest BCUT2D eigenvalue weighted by Crippen LogP contribution is -2.44. The lowest BCUT2D eigenvalue weighted by atomic mass is 9.93. The molecule has 1 aliphatic rings. The number of unbranched alkanes of at least 4 members (excludes halogenated alkanes) is 3. The maximum absolute atomic E-state index is 12.7. The molecule has 10 heteroatoms. The molecule has 0 aromatic heterocycles. The first-order chi connectivity index (χ1) is 15.9. The third kappa shape index (κ3) is 7.99. The minimum absolute atomic E-state index is 0.000133. The summed E-state index contributed by atoms with van der Waals surface area (Å²) in [6.45, 7) is 0.282.